The predicted octanol–water partition coefficient (Wildman–Crippen LogP) is -1.25. The molecule has 0 radical (unpaired) electrons. The van der Waals surface area contributed by atoms with Crippen molar-refractivity contribution in [3.8, 4) is 0 Å². The van der Waals surface area contributed by atoms with Gasteiger partial charge in [-0.05, 0) is 19.5 Å². The van der Waals surface area contributed by atoms with Gasteiger partial charge in [0.25, 0.3) is 0 Å². The van der Waals surface area contributed by atoms with E-state index in [1.807, 2.05) is 0 Å². The van der Waals surface area contributed by atoms with E-state index in [4.69, 9.17) is 11.5 Å². The second-order valence-corrected chi connectivity index (χ2v) is 3.00. The van der Waals surface area contributed by atoms with Crippen LogP contribution in [-0.2, 0) is 4.79 Å². The van der Waals surface area contributed by atoms with Crippen molar-refractivity contribution in [3.63, 3.8) is 0 Å². The van der Waals surface area contributed by atoms with Gasteiger partial charge in [-0.15, -0.1) is 0 Å². The summed E-state index contributed by atoms with van der Waals surface area (Å²) >= 11 is 0. The number of hydrogen-bond donors (Lipinski definition) is 2. The minimum atomic E-state index is -0.172. The first kappa shape index (κ1) is 8.49. The number of nitrogens with zero attached hydrogens (tertiary/aromatic N) is 1. The normalized spacial score (nSPS) is 19.7. The summed E-state index contributed by atoms with van der Waals surface area (Å²) in [5, 5.41) is 0. The molecule has 0 aromatic carbocycles. The Balaban J connectivity index is 2.05. The fourth-order valence-corrected chi connectivity index (χ4v) is 1.25. The first-order valence-corrected chi connectivity index (χ1v) is 3.95. The zero-order chi connectivity index (χ0) is 8.27. The van der Waals surface area contributed by atoms with Crippen molar-refractivity contribution in [2.24, 2.45) is 17.4 Å². The van der Waals surface area contributed by atoms with Crippen molar-refractivity contribution in [3.05, 3.63) is 0 Å². The predicted molar refractivity (Wildman–Crippen MR) is 42.8 cm³/mol. The topological polar surface area (TPSA) is 72.3 Å². The molecule has 1 saturated heterocycles. The van der Waals surface area contributed by atoms with Crippen LogP contribution in [0.1, 0.15) is 6.42 Å². The summed E-state index contributed by atoms with van der Waals surface area (Å²) in [6, 6.07) is 0. The van der Waals surface area contributed by atoms with E-state index in [-0.39, 0.29) is 11.8 Å². The zero-order valence-electron chi connectivity index (χ0n) is 6.62. The Bertz CT molecular complexity index is 143. The minimum absolute atomic E-state index is 0.0905. The van der Waals surface area contributed by atoms with Crippen molar-refractivity contribution in [2.75, 3.05) is 26.2 Å². The van der Waals surface area contributed by atoms with Crippen LogP contribution in [0.5, 0.6) is 0 Å². The van der Waals surface area contributed by atoms with E-state index >= 15 is 0 Å². The van der Waals surface area contributed by atoms with Crippen LogP contribution >= 0.6 is 0 Å². The summed E-state index contributed by atoms with van der Waals surface area (Å²) < 4.78 is 0. The molecule has 0 spiro atoms. The Hall–Kier alpha value is -0.610. The highest BCUT2D eigenvalue weighted by atomic mass is 16.1. The maximum absolute atomic E-state index is 10.6. The van der Waals surface area contributed by atoms with Crippen molar-refractivity contribution in [1.82, 2.24) is 4.90 Å². The second kappa shape index (κ2) is 3.69. The molecule has 1 amide bonds. The van der Waals surface area contributed by atoms with Crippen LogP contribution in [0.15, 0.2) is 0 Å². The Morgan fingerprint density at radius 2 is 2.18 bits per heavy atom. The van der Waals surface area contributed by atoms with Crippen LogP contribution in [0.4, 0.5) is 0 Å². The number of likely N-dealkylation sites (tertiary alicyclic amines) is 1. The lowest BCUT2D eigenvalue weighted by Gasteiger charge is -2.37. The van der Waals surface area contributed by atoms with Crippen molar-refractivity contribution in [2.45, 2.75) is 6.42 Å². The molecule has 0 saturated carbocycles. The molecule has 1 aliphatic rings. The molecule has 0 aliphatic carbocycles. The number of nitrogens with two attached hydrogens (primary N) is 2. The number of hydrogen-bond acceptors (Lipinski definition) is 3. The molecule has 4 N–H and O–H groups in total. The maximum Gasteiger partial charge on any atom is 0.223 e. The molecule has 1 aliphatic heterocycles. The molecule has 4 nitrogen and oxygen atoms in total. The lowest BCUT2D eigenvalue weighted by atomic mass is 9.99. The van der Waals surface area contributed by atoms with Gasteiger partial charge in [-0.1, -0.05) is 0 Å². The lowest BCUT2D eigenvalue weighted by molar-refractivity contribution is -0.126. The zero-order valence-corrected chi connectivity index (χ0v) is 6.62. The quantitative estimate of drug-likeness (QED) is 0.535. The van der Waals surface area contributed by atoms with Gasteiger partial charge in [-0.3, -0.25) is 4.79 Å². The molecular formula is C7H15N3O. The van der Waals surface area contributed by atoms with Crippen LogP contribution < -0.4 is 11.5 Å². The Morgan fingerprint density at radius 3 is 2.64 bits per heavy atom. The monoisotopic (exact) mass is 157 g/mol. The fourth-order valence-electron chi connectivity index (χ4n) is 1.25. The highest BCUT2D eigenvalue weighted by molar-refractivity contribution is 5.78. The lowest BCUT2D eigenvalue weighted by Crippen LogP contribution is -2.52. The van der Waals surface area contributed by atoms with Gasteiger partial charge in [-0.2, -0.15) is 0 Å². The van der Waals surface area contributed by atoms with Crippen LogP contribution in [0, 0.1) is 5.92 Å². The Kier molecular flexibility index (Phi) is 2.84. The molecule has 0 aromatic heterocycles. The van der Waals surface area contributed by atoms with Gasteiger partial charge >= 0.3 is 0 Å². The van der Waals surface area contributed by atoms with Gasteiger partial charge in [0.2, 0.25) is 5.91 Å². The molecule has 11 heavy (non-hydrogen) atoms. The van der Waals surface area contributed by atoms with Crippen LogP contribution in [0.2, 0.25) is 0 Å². The van der Waals surface area contributed by atoms with Gasteiger partial charge in [0.05, 0.1) is 5.92 Å². The number of carbonyl (C=O) groups excluding carboxylic acids is 1. The summed E-state index contributed by atoms with van der Waals surface area (Å²) in [4.78, 5) is 12.8. The molecule has 1 fully saturated rings. The standard InChI is InChI=1S/C7H15N3O/c8-2-1-3-10-4-6(5-10)7(9)11/h6H,1-5,8H2,(H2,9,11). The average Bonchev–Trinajstić information content (AvgIpc) is 1.84. The molecule has 0 bridgehead atoms. The third kappa shape index (κ3) is 2.17. The van der Waals surface area contributed by atoms with Crippen molar-refractivity contribution < 1.29 is 4.79 Å². The second-order valence-electron chi connectivity index (χ2n) is 3.00. The van der Waals surface area contributed by atoms with Crippen LogP contribution in [0.3, 0.4) is 0 Å². The maximum atomic E-state index is 10.6. The molecule has 4 heteroatoms. The fraction of sp³-hybridized carbons (Fsp3) is 0.857. The van der Waals surface area contributed by atoms with Crippen molar-refractivity contribution in [1.29, 1.82) is 0 Å². The average molecular weight is 157 g/mol. The Labute approximate surface area is 66.5 Å². The summed E-state index contributed by atoms with van der Waals surface area (Å²) in [5.74, 6) is -0.0817. The SMILES string of the molecule is NCCCN1CC(C(N)=O)C1. The van der Waals surface area contributed by atoms with E-state index in [9.17, 15) is 4.79 Å². The van der Waals surface area contributed by atoms with Crippen LogP contribution in [-0.4, -0.2) is 37.0 Å². The molecule has 64 valence electrons. The summed E-state index contributed by atoms with van der Waals surface area (Å²) in [6.45, 7) is 3.38. The van der Waals surface area contributed by atoms with E-state index in [2.05, 4.69) is 4.90 Å². The van der Waals surface area contributed by atoms with Crippen molar-refractivity contribution >= 4 is 5.91 Å². The minimum Gasteiger partial charge on any atom is -0.369 e. The van der Waals surface area contributed by atoms with E-state index in [0.29, 0.717) is 0 Å². The van der Waals surface area contributed by atoms with Crippen LogP contribution in [0.25, 0.3) is 0 Å². The highest BCUT2D eigenvalue weighted by Crippen LogP contribution is 2.14. The molecule has 0 atom stereocenters. The molecule has 1 heterocycles. The van der Waals surface area contributed by atoms with E-state index in [1.165, 1.54) is 0 Å². The van der Waals surface area contributed by atoms with E-state index < -0.39 is 0 Å². The van der Waals surface area contributed by atoms with E-state index in [0.717, 1.165) is 32.6 Å². The van der Waals surface area contributed by atoms with Gasteiger partial charge in [-0.25, -0.2) is 0 Å². The van der Waals surface area contributed by atoms with E-state index in [1.54, 1.807) is 0 Å². The largest absolute Gasteiger partial charge is 0.369 e. The summed E-state index contributed by atoms with van der Waals surface area (Å²) in [7, 11) is 0. The summed E-state index contributed by atoms with van der Waals surface area (Å²) in [6.07, 6.45) is 1.01. The molecule has 0 unspecified atom stereocenters. The third-order valence-corrected chi connectivity index (χ3v) is 2.04. The first-order chi connectivity index (χ1) is 5.24. The highest BCUT2D eigenvalue weighted by Gasteiger charge is 2.29. The number of rotatable bonds is 4. The third-order valence-electron chi connectivity index (χ3n) is 2.04. The number of carbonyl (C=O) groups is 1. The number of primary amides is 1. The Morgan fingerprint density at radius 1 is 1.55 bits per heavy atom. The van der Waals surface area contributed by atoms with Gasteiger partial charge in [0, 0.05) is 13.1 Å². The van der Waals surface area contributed by atoms with Gasteiger partial charge < -0.3 is 16.4 Å². The smallest absolute Gasteiger partial charge is 0.223 e. The van der Waals surface area contributed by atoms with Gasteiger partial charge in [0.15, 0.2) is 0 Å². The molecule has 0 aromatic rings. The number of amides is 1. The first-order valence-electron chi connectivity index (χ1n) is 3.95. The molecule has 1 rings (SSSR count). The van der Waals surface area contributed by atoms with Gasteiger partial charge in [0.1, 0.15) is 0 Å². The summed E-state index contributed by atoms with van der Waals surface area (Å²) in [5.41, 5.74) is 10.4. The molecular weight excluding hydrogens is 142 g/mol.